The molecule has 36 heavy (non-hydrogen) atoms. The van der Waals surface area contributed by atoms with Gasteiger partial charge >= 0.3 is 0 Å². The summed E-state index contributed by atoms with van der Waals surface area (Å²) in [6.07, 6.45) is 18.7. The lowest BCUT2D eigenvalue weighted by Gasteiger charge is -2.62. The van der Waals surface area contributed by atoms with E-state index in [2.05, 4.69) is 24.8 Å². The standard InChI is InChI=1S/C31H50N2O3/c1-29-11-7-25(35-20-17-33-15-3-4-16-33)21-23(29)5-6-26-27(29)8-12-30(2)28(26)9-13-31(30,36-19-14-32)24-10-18-34-22-24/h10,18,22-23,25-28H,3-9,11-17,19-21,32H2,1-2H3/t23-,25+,26-,27+,28+,29+,30+,31-/m1/s1. The maximum absolute atomic E-state index is 6.75. The average Bonchev–Trinajstić information content (AvgIpc) is 3.64. The monoisotopic (exact) mass is 498 g/mol. The van der Waals surface area contributed by atoms with Gasteiger partial charge in [0, 0.05) is 24.1 Å². The van der Waals surface area contributed by atoms with Crippen LogP contribution in [-0.4, -0.2) is 50.4 Å². The lowest BCUT2D eigenvalue weighted by atomic mass is 9.44. The first kappa shape index (κ1) is 25.4. The van der Waals surface area contributed by atoms with Crippen molar-refractivity contribution < 1.29 is 13.9 Å². The Kier molecular flexibility index (Phi) is 7.07. The van der Waals surface area contributed by atoms with Crippen LogP contribution in [0.15, 0.2) is 23.0 Å². The molecule has 202 valence electrons. The lowest BCUT2D eigenvalue weighted by Crippen LogP contribution is -2.56. The van der Waals surface area contributed by atoms with Crippen molar-refractivity contribution in [1.29, 1.82) is 0 Å². The number of hydrogen-bond acceptors (Lipinski definition) is 5. The molecule has 0 aromatic carbocycles. The van der Waals surface area contributed by atoms with Crippen molar-refractivity contribution in [1.82, 2.24) is 4.90 Å². The molecule has 5 fully saturated rings. The predicted octanol–water partition coefficient (Wildman–Crippen LogP) is 5.97. The summed E-state index contributed by atoms with van der Waals surface area (Å²) < 4.78 is 18.8. The number of rotatable bonds is 8. The normalized spacial score (nSPS) is 44.8. The molecule has 0 spiro atoms. The van der Waals surface area contributed by atoms with E-state index in [0.717, 1.165) is 43.2 Å². The molecule has 4 saturated carbocycles. The molecule has 1 aromatic heterocycles. The van der Waals surface area contributed by atoms with E-state index in [1.807, 2.05) is 12.5 Å². The molecular weight excluding hydrogens is 448 g/mol. The molecule has 1 aromatic rings. The van der Waals surface area contributed by atoms with Crippen LogP contribution in [0.4, 0.5) is 0 Å². The molecule has 5 nitrogen and oxygen atoms in total. The summed E-state index contributed by atoms with van der Waals surface area (Å²) in [7, 11) is 0. The molecule has 6 rings (SSSR count). The van der Waals surface area contributed by atoms with Crippen molar-refractivity contribution in [3.8, 4) is 0 Å². The Hall–Kier alpha value is -0.880. The van der Waals surface area contributed by atoms with Gasteiger partial charge in [-0.1, -0.05) is 13.8 Å². The number of hydrogen-bond donors (Lipinski definition) is 1. The summed E-state index contributed by atoms with van der Waals surface area (Å²) in [4.78, 5) is 2.58. The summed E-state index contributed by atoms with van der Waals surface area (Å²) in [5, 5.41) is 0. The van der Waals surface area contributed by atoms with Crippen molar-refractivity contribution in [2.24, 2.45) is 40.2 Å². The molecule has 2 heterocycles. The van der Waals surface area contributed by atoms with Crippen LogP contribution in [0, 0.1) is 34.5 Å². The van der Waals surface area contributed by atoms with E-state index in [1.54, 1.807) is 0 Å². The Morgan fingerprint density at radius 1 is 1.00 bits per heavy atom. The Balaban J connectivity index is 1.15. The minimum Gasteiger partial charge on any atom is -0.472 e. The maximum Gasteiger partial charge on any atom is 0.102 e. The quantitative estimate of drug-likeness (QED) is 0.478. The minimum absolute atomic E-state index is 0.159. The van der Waals surface area contributed by atoms with Crippen LogP contribution in [0.5, 0.6) is 0 Å². The fourth-order valence-electron chi connectivity index (χ4n) is 10.2. The predicted molar refractivity (Wildman–Crippen MR) is 143 cm³/mol. The van der Waals surface area contributed by atoms with Gasteiger partial charge in [-0.3, -0.25) is 0 Å². The van der Waals surface area contributed by atoms with Crippen molar-refractivity contribution in [2.45, 2.75) is 96.2 Å². The van der Waals surface area contributed by atoms with E-state index in [1.165, 1.54) is 82.9 Å². The van der Waals surface area contributed by atoms with Crippen molar-refractivity contribution in [3.05, 3.63) is 24.2 Å². The molecule has 1 aliphatic heterocycles. The van der Waals surface area contributed by atoms with Gasteiger partial charge in [0.2, 0.25) is 0 Å². The van der Waals surface area contributed by atoms with E-state index in [4.69, 9.17) is 19.6 Å². The fraction of sp³-hybridized carbons (Fsp3) is 0.871. The number of ether oxygens (including phenoxy) is 2. The molecular formula is C31H50N2O3. The van der Waals surface area contributed by atoms with Crippen LogP contribution in [0.25, 0.3) is 0 Å². The van der Waals surface area contributed by atoms with Crippen LogP contribution in [0.3, 0.4) is 0 Å². The average molecular weight is 499 g/mol. The molecule has 2 N–H and O–H groups in total. The minimum atomic E-state index is -0.242. The molecule has 1 saturated heterocycles. The van der Waals surface area contributed by atoms with Gasteiger partial charge in [0.25, 0.3) is 0 Å². The number of nitrogens with two attached hydrogens (primary N) is 1. The summed E-state index contributed by atoms with van der Waals surface area (Å²) in [6.45, 7) is 11.0. The number of likely N-dealkylation sites (tertiary alicyclic amines) is 1. The number of fused-ring (bicyclic) bond motifs is 5. The van der Waals surface area contributed by atoms with Crippen LogP contribution in [-0.2, 0) is 15.1 Å². The molecule has 0 amide bonds. The zero-order valence-electron chi connectivity index (χ0n) is 22.9. The molecule has 4 aliphatic carbocycles. The van der Waals surface area contributed by atoms with E-state index in [0.29, 0.717) is 24.7 Å². The SMILES string of the molecule is C[C@]12CC[C@H](OCCN3CCCC3)C[C@H]1CC[C@@H]1[C@@H]2CC[C@@]2(C)[C@H]1CC[C@@]2(OCCN)c1ccoc1. The number of nitrogens with zero attached hydrogens (tertiary/aromatic N) is 1. The zero-order chi connectivity index (χ0) is 24.8. The van der Waals surface area contributed by atoms with Crippen molar-refractivity contribution in [3.63, 3.8) is 0 Å². The fourth-order valence-corrected chi connectivity index (χ4v) is 10.2. The summed E-state index contributed by atoms with van der Waals surface area (Å²) in [5.41, 5.74) is 7.58. The second kappa shape index (κ2) is 10.0. The largest absolute Gasteiger partial charge is 0.472 e. The van der Waals surface area contributed by atoms with Gasteiger partial charge in [-0.2, -0.15) is 0 Å². The summed E-state index contributed by atoms with van der Waals surface area (Å²) in [5.74, 6) is 3.25. The summed E-state index contributed by atoms with van der Waals surface area (Å²) >= 11 is 0. The van der Waals surface area contributed by atoms with E-state index >= 15 is 0 Å². The highest BCUT2D eigenvalue weighted by molar-refractivity contribution is 5.27. The smallest absolute Gasteiger partial charge is 0.102 e. The van der Waals surface area contributed by atoms with E-state index in [9.17, 15) is 0 Å². The lowest BCUT2D eigenvalue weighted by molar-refractivity contribution is -0.183. The van der Waals surface area contributed by atoms with Crippen LogP contribution >= 0.6 is 0 Å². The maximum atomic E-state index is 6.75. The second-order valence-electron chi connectivity index (χ2n) is 13.4. The first-order chi connectivity index (χ1) is 17.5. The molecule has 0 radical (unpaired) electrons. The topological polar surface area (TPSA) is 60.9 Å². The molecule has 5 heteroatoms. The van der Waals surface area contributed by atoms with Gasteiger partial charge < -0.3 is 24.5 Å². The van der Waals surface area contributed by atoms with Crippen molar-refractivity contribution in [2.75, 3.05) is 39.4 Å². The Morgan fingerprint density at radius 2 is 1.83 bits per heavy atom. The molecule has 0 bridgehead atoms. The van der Waals surface area contributed by atoms with Crippen LogP contribution in [0.2, 0.25) is 0 Å². The third-order valence-corrected chi connectivity index (χ3v) is 12.2. The molecule has 8 atom stereocenters. The van der Waals surface area contributed by atoms with Crippen LogP contribution in [0.1, 0.15) is 90.0 Å². The highest BCUT2D eigenvalue weighted by Gasteiger charge is 2.66. The third kappa shape index (κ3) is 4.03. The molecule has 5 aliphatic rings. The van der Waals surface area contributed by atoms with Crippen LogP contribution < -0.4 is 5.73 Å². The second-order valence-corrected chi connectivity index (χ2v) is 13.4. The van der Waals surface area contributed by atoms with E-state index < -0.39 is 0 Å². The van der Waals surface area contributed by atoms with Gasteiger partial charge in [-0.25, -0.2) is 0 Å². The first-order valence-electron chi connectivity index (χ1n) is 15.2. The number of furan rings is 1. The Morgan fingerprint density at radius 3 is 2.61 bits per heavy atom. The van der Waals surface area contributed by atoms with Gasteiger partial charge in [0.05, 0.1) is 31.8 Å². The molecule has 0 unspecified atom stereocenters. The highest BCUT2D eigenvalue weighted by Crippen LogP contribution is 2.71. The van der Waals surface area contributed by atoms with Gasteiger partial charge in [0.15, 0.2) is 0 Å². The zero-order valence-corrected chi connectivity index (χ0v) is 22.9. The van der Waals surface area contributed by atoms with Gasteiger partial charge in [-0.05, 0) is 119 Å². The Bertz CT molecular complexity index is 869. The first-order valence-corrected chi connectivity index (χ1v) is 15.2. The van der Waals surface area contributed by atoms with Gasteiger partial charge in [0.1, 0.15) is 5.60 Å². The van der Waals surface area contributed by atoms with Gasteiger partial charge in [-0.15, -0.1) is 0 Å². The third-order valence-electron chi connectivity index (χ3n) is 12.2. The van der Waals surface area contributed by atoms with E-state index in [-0.39, 0.29) is 11.0 Å². The summed E-state index contributed by atoms with van der Waals surface area (Å²) in [6, 6.07) is 2.15. The highest BCUT2D eigenvalue weighted by atomic mass is 16.5. The Labute approximate surface area is 218 Å². The van der Waals surface area contributed by atoms with Crippen molar-refractivity contribution >= 4 is 0 Å².